The fourth-order valence-corrected chi connectivity index (χ4v) is 1.93. The first kappa shape index (κ1) is 7.10. The van der Waals surface area contributed by atoms with Crippen LogP contribution in [0.25, 0.3) is 0 Å². The fraction of sp³-hybridized carbons (Fsp3) is 0.875. The van der Waals surface area contributed by atoms with Crippen molar-refractivity contribution in [2.75, 3.05) is 19.8 Å². The third-order valence-electron chi connectivity index (χ3n) is 2.56. The van der Waals surface area contributed by atoms with Gasteiger partial charge in [0.05, 0.1) is 19.3 Å². The first-order valence-electron chi connectivity index (χ1n) is 4.17. The highest BCUT2D eigenvalue weighted by Crippen LogP contribution is 2.25. The van der Waals surface area contributed by atoms with Crippen molar-refractivity contribution in [2.45, 2.75) is 19.4 Å². The molecule has 3 nitrogen and oxygen atoms in total. The molecule has 62 valence electrons. The zero-order valence-electron chi connectivity index (χ0n) is 6.75. The molecule has 0 N–H and O–H groups in total. The van der Waals surface area contributed by atoms with E-state index in [9.17, 15) is 4.79 Å². The number of amides is 1. The van der Waals surface area contributed by atoms with Gasteiger partial charge in [-0.2, -0.15) is 0 Å². The van der Waals surface area contributed by atoms with Crippen molar-refractivity contribution < 1.29 is 9.53 Å². The normalized spacial score (nSPS) is 37.5. The number of morpholine rings is 1. The number of carbonyl (C=O) groups excluding carboxylic acids is 1. The lowest BCUT2D eigenvalue weighted by Crippen LogP contribution is -2.43. The zero-order valence-corrected chi connectivity index (χ0v) is 6.75. The van der Waals surface area contributed by atoms with Crippen LogP contribution in [0, 0.1) is 5.92 Å². The standard InChI is InChI=1S/C8H13NO2/c1-6-4-7-5-11-3-2-9(7)8(6)10/h6-7H,2-5H2,1H3/t6-,7+/m1/s1. The van der Waals surface area contributed by atoms with Gasteiger partial charge in [-0.15, -0.1) is 0 Å². The van der Waals surface area contributed by atoms with Gasteiger partial charge in [0.15, 0.2) is 0 Å². The Balaban J connectivity index is 2.11. The van der Waals surface area contributed by atoms with Gasteiger partial charge in [-0.3, -0.25) is 4.79 Å². The van der Waals surface area contributed by atoms with Crippen LogP contribution in [-0.2, 0) is 9.53 Å². The van der Waals surface area contributed by atoms with Gasteiger partial charge in [0.25, 0.3) is 0 Å². The summed E-state index contributed by atoms with van der Waals surface area (Å²) in [6, 6.07) is 0.381. The smallest absolute Gasteiger partial charge is 0.225 e. The quantitative estimate of drug-likeness (QED) is 0.502. The second kappa shape index (κ2) is 2.48. The average Bonchev–Trinajstić information content (AvgIpc) is 2.30. The van der Waals surface area contributed by atoms with E-state index in [1.165, 1.54) is 0 Å². The summed E-state index contributed by atoms with van der Waals surface area (Å²) in [5, 5.41) is 0. The monoisotopic (exact) mass is 155 g/mol. The van der Waals surface area contributed by atoms with Crippen LogP contribution in [0.1, 0.15) is 13.3 Å². The summed E-state index contributed by atoms with van der Waals surface area (Å²) in [7, 11) is 0. The van der Waals surface area contributed by atoms with Crippen LogP contribution >= 0.6 is 0 Å². The maximum atomic E-state index is 11.4. The van der Waals surface area contributed by atoms with Gasteiger partial charge in [0.2, 0.25) is 5.91 Å². The number of rotatable bonds is 0. The summed E-state index contributed by atoms with van der Waals surface area (Å²) < 4.78 is 5.29. The molecule has 2 aliphatic heterocycles. The number of hydrogen-bond donors (Lipinski definition) is 0. The molecule has 2 saturated heterocycles. The highest BCUT2D eigenvalue weighted by molar-refractivity contribution is 5.81. The molecule has 0 spiro atoms. The molecule has 0 aromatic rings. The zero-order chi connectivity index (χ0) is 7.84. The maximum Gasteiger partial charge on any atom is 0.225 e. The van der Waals surface area contributed by atoms with Crippen molar-refractivity contribution in [3.05, 3.63) is 0 Å². The number of ether oxygens (including phenoxy) is 1. The summed E-state index contributed by atoms with van der Waals surface area (Å²) in [5.41, 5.74) is 0. The molecule has 1 amide bonds. The minimum Gasteiger partial charge on any atom is -0.377 e. The Hall–Kier alpha value is -0.570. The van der Waals surface area contributed by atoms with E-state index in [1.807, 2.05) is 11.8 Å². The van der Waals surface area contributed by atoms with E-state index < -0.39 is 0 Å². The lowest BCUT2D eigenvalue weighted by molar-refractivity contribution is -0.135. The minimum absolute atomic E-state index is 0.224. The van der Waals surface area contributed by atoms with E-state index >= 15 is 0 Å². The molecule has 0 saturated carbocycles. The summed E-state index contributed by atoms with van der Waals surface area (Å²) in [4.78, 5) is 13.4. The van der Waals surface area contributed by atoms with Gasteiger partial charge in [0.1, 0.15) is 0 Å². The number of fused-ring (bicyclic) bond motifs is 1. The summed E-state index contributed by atoms with van der Waals surface area (Å²) >= 11 is 0. The van der Waals surface area contributed by atoms with Crippen molar-refractivity contribution in [3.63, 3.8) is 0 Å². The topological polar surface area (TPSA) is 29.5 Å². The van der Waals surface area contributed by atoms with Gasteiger partial charge in [-0.05, 0) is 6.42 Å². The van der Waals surface area contributed by atoms with Crippen molar-refractivity contribution >= 4 is 5.91 Å². The summed E-state index contributed by atoms with van der Waals surface area (Å²) in [6.07, 6.45) is 0.985. The van der Waals surface area contributed by atoms with Gasteiger partial charge in [-0.25, -0.2) is 0 Å². The molecule has 11 heavy (non-hydrogen) atoms. The van der Waals surface area contributed by atoms with Gasteiger partial charge in [0, 0.05) is 12.5 Å². The SMILES string of the molecule is C[C@@H]1C[C@H]2COCCN2C1=O. The maximum absolute atomic E-state index is 11.4. The van der Waals surface area contributed by atoms with Gasteiger partial charge in [-0.1, -0.05) is 6.92 Å². The number of carbonyl (C=O) groups is 1. The second-order valence-corrected chi connectivity index (χ2v) is 3.40. The van der Waals surface area contributed by atoms with Crippen LogP contribution in [0.15, 0.2) is 0 Å². The van der Waals surface area contributed by atoms with Crippen LogP contribution in [0.5, 0.6) is 0 Å². The first-order valence-corrected chi connectivity index (χ1v) is 4.17. The molecule has 2 atom stereocenters. The first-order chi connectivity index (χ1) is 5.29. The number of hydrogen-bond acceptors (Lipinski definition) is 2. The van der Waals surface area contributed by atoms with Crippen molar-refractivity contribution in [1.82, 2.24) is 4.90 Å². The lowest BCUT2D eigenvalue weighted by atomic mass is 10.1. The van der Waals surface area contributed by atoms with Crippen LogP contribution in [0.3, 0.4) is 0 Å². The Morgan fingerprint density at radius 2 is 2.45 bits per heavy atom. The Bertz CT molecular complexity index is 181. The number of nitrogens with zero attached hydrogens (tertiary/aromatic N) is 1. The second-order valence-electron chi connectivity index (χ2n) is 3.40. The van der Waals surface area contributed by atoms with Crippen molar-refractivity contribution in [3.8, 4) is 0 Å². The average molecular weight is 155 g/mol. The van der Waals surface area contributed by atoms with E-state index in [4.69, 9.17) is 4.74 Å². The summed E-state index contributed by atoms with van der Waals surface area (Å²) in [6.45, 7) is 4.26. The predicted molar refractivity (Wildman–Crippen MR) is 40.1 cm³/mol. The van der Waals surface area contributed by atoms with E-state index in [1.54, 1.807) is 0 Å². The van der Waals surface area contributed by atoms with E-state index in [2.05, 4.69) is 0 Å². The van der Waals surface area contributed by atoms with Crippen LogP contribution in [0.4, 0.5) is 0 Å². The minimum atomic E-state index is 0.224. The van der Waals surface area contributed by atoms with Crippen molar-refractivity contribution in [2.24, 2.45) is 5.92 Å². The Labute approximate surface area is 66.3 Å². The highest BCUT2D eigenvalue weighted by atomic mass is 16.5. The third kappa shape index (κ3) is 1.03. The van der Waals surface area contributed by atoms with E-state index in [-0.39, 0.29) is 5.92 Å². The molecular weight excluding hydrogens is 142 g/mol. The molecule has 3 heteroatoms. The van der Waals surface area contributed by atoms with Crippen molar-refractivity contribution in [1.29, 1.82) is 0 Å². The largest absolute Gasteiger partial charge is 0.377 e. The van der Waals surface area contributed by atoms with Crippen LogP contribution < -0.4 is 0 Å². The van der Waals surface area contributed by atoms with Crippen LogP contribution in [0.2, 0.25) is 0 Å². The molecule has 2 aliphatic rings. The predicted octanol–water partition coefficient (Wildman–Crippen LogP) is 0.254. The van der Waals surface area contributed by atoms with Crippen LogP contribution in [-0.4, -0.2) is 36.6 Å². The summed E-state index contributed by atoms with van der Waals surface area (Å²) in [5.74, 6) is 0.542. The molecule has 0 unspecified atom stereocenters. The van der Waals surface area contributed by atoms with Gasteiger partial charge >= 0.3 is 0 Å². The Morgan fingerprint density at radius 1 is 1.64 bits per heavy atom. The molecule has 0 bridgehead atoms. The molecule has 0 aromatic carbocycles. The van der Waals surface area contributed by atoms with E-state index in [0.717, 1.165) is 26.2 Å². The van der Waals surface area contributed by atoms with Gasteiger partial charge < -0.3 is 9.64 Å². The molecule has 0 aliphatic carbocycles. The fourth-order valence-electron chi connectivity index (χ4n) is 1.93. The molecular formula is C8H13NO2. The third-order valence-corrected chi connectivity index (χ3v) is 2.56. The van der Waals surface area contributed by atoms with E-state index in [0.29, 0.717) is 11.9 Å². The molecule has 0 aromatic heterocycles. The molecule has 0 radical (unpaired) electrons. The molecule has 2 heterocycles. The highest BCUT2D eigenvalue weighted by Gasteiger charge is 2.38. The lowest BCUT2D eigenvalue weighted by Gasteiger charge is -2.29. The Morgan fingerprint density at radius 3 is 3.18 bits per heavy atom. The Kier molecular flexibility index (Phi) is 1.60. The molecule has 2 fully saturated rings. The molecule has 2 rings (SSSR count).